The number of rotatable bonds is 4. The zero-order valence-corrected chi connectivity index (χ0v) is 14.8. The fraction of sp³-hybridized carbons (Fsp3) is 0.500. The van der Waals surface area contributed by atoms with Gasteiger partial charge in [0.15, 0.2) is 0 Å². The second-order valence-corrected chi connectivity index (χ2v) is 7.46. The summed E-state index contributed by atoms with van der Waals surface area (Å²) in [5.41, 5.74) is 0.616. The number of hydrogen-bond acceptors (Lipinski definition) is 4. The Kier molecular flexibility index (Phi) is 5.66. The van der Waals surface area contributed by atoms with Crippen molar-refractivity contribution in [3.8, 4) is 5.75 Å². The quantitative estimate of drug-likeness (QED) is 0.760. The molecule has 1 saturated heterocycles. The lowest BCUT2D eigenvalue weighted by Gasteiger charge is -2.36. The van der Waals surface area contributed by atoms with Gasteiger partial charge in [-0.05, 0) is 23.1 Å². The summed E-state index contributed by atoms with van der Waals surface area (Å²) in [4.78, 5) is 38.2. The average molecular weight is 347 g/mol. The van der Waals surface area contributed by atoms with E-state index in [9.17, 15) is 19.5 Å². The summed E-state index contributed by atoms with van der Waals surface area (Å²) in [5.74, 6) is -0.606. The first kappa shape index (κ1) is 18.8. The first-order chi connectivity index (χ1) is 11.7. The molecule has 0 aliphatic carbocycles. The molecule has 1 unspecified atom stereocenters. The molecule has 1 aliphatic heterocycles. The van der Waals surface area contributed by atoms with Gasteiger partial charge in [0.2, 0.25) is 17.7 Å². The molecule has 2 rings (SSSR count). The van der Waals surface area contributed by atoms with Crippen LogP contribution in [0.15, 0.2) is 24.3 Å². The van der Waals surface area contributed by atoms with Crippen LogP contribution in [0.2, 0.25) is 0 Å². The van der Waals surface area contributed by atoms with Crippen molar-refractivity contribution in [2.24, 2.45) is 5.41 Å². The molecule has 3 N–H and O–H groups in total. The third-order valence-electron chi connectivity index (χ3n) is 3.91. The van der Waals surface area contributed by atoms with Gasteiger partial charge < -0.3 is 20.6 Å². The second-order valence-electron chi connectivity index (χ2n) is 7.46. The topological polar surface area (TPSA) is 98.7 Å². The fourth-order valence-corrected chi connectivity index (χ4v) is 2.61. The molecular formula is C18H25N3O4. The van der Waals surface area contributed by atoms with Gasteiger partial charge >= 0.3 is 0 Å². The number of phenols is 1. The summed E-state index contributed by atoms with van der Waals surface area (Å²) in [6, 6.07) is 5.67. The van der Waals surface area contributed by atoms with Gasteiger partial charge in [-0.1, -0.05) is 32.9 Å². The van der Waals surface area contributed by atoms with E-state index in [1.165, 1.54) is 17.0 Å². The highest BCUT2D eigenvalue weighted by Crippen LogP contribution is 2.22. The second kappa shape index (κ2) is 7.55. The first-order valence-electron chi connectivity index (χ1n) is 8.27. The van der Waals surface area contributed by atoms with Crippen LogP contribution in [-0.2, 0) is 20.9 Å². The van der Waals surface area contributed by atoms with Gasteiger partial charge in [0.25, 0.3) is 0 Å². The van der Waals surface area contributed by atoms with Crippen LogP contribution in [-0.4, -0.2) is 40.4 Å². The van der Waals surface area contributed by atoms with Crippen molar-refractivity contribution in [1.29, 1.82) is 0 Å². The number of benzene rings is 1. The number of carbonyl (C=O) groups excluding carboxylic acids is 3. The van der Waals surface area contributed by atoms with Gasteiger partial charge in [-0.2, -0.15) is 0 Å². The lowest BCUT2D eigenvalue weighted by molar-refractivity contribution is -0.148. The predicted molar refractivity (Wildman–Crippen MR) is 92.3 cm³/mol. The Morgan fingerprint density at radius 1 is 1.28 bits per heavy atom. The van der Waals surface area contributed by atoms with Crippen LogP contribution in [0.4, 0.5) is 0 Å². The summed E-state index contributed by atoms with van der Waals surface area (Å²) >= 11 is 0. The highest BCUT2D eigenvalue weighted by molar-refractivity contribution is 5.93. The smallest absolute Gasteiger partial charge is 0.243 e. The van der Waals surface area contributed by atoms with E-state index in [2.05, 4.69) is 10.6 Å². The number of aromatic hydroxyl groups is 1. The molecule has 1 aromatic rings. The van der Waals surface area contributed by atoms with E-state index in [-0.39, 0.29) is 48.5 Å². The molecule has 0 bridgehead atoms. The molecule has 1 aromatic carbocycles. The summed E-state index contributed by atoms with van der Waals surface area (Å²) in [6.07, 6.45) is 0.252. The van der Waals surface area contributed by atoms with Crippen LogP contribution in [0, 0.1) is 5.41 Å². The molecule has 1 heterocycles. The monoisotopic (exact) mass is 347 g/mol. The van der Waals surface area contributed by atoms with Crippen molar-refractivity contribution in [1.82, 2.24) is 15.5 Å². The fourth-order valence-electron chi connectivity index (χ4n) is 2.61. The standard InChI is InChI=1S/C18H25N3O4/c1-18(2,3)9-16(24)21-11-20-15(23)8-14(21)17(25)19-10-12-4-6-13(22)7-5-12/h4-7,14,22H,8-11H2,1-3H3,(H,19,25)(H,20,23). The molecule has 0 aromatic heterocycles. The molecule has 7 nitrogen and oxygen atoms in total. The Bertz CT molecular complexity index is 649. The van der Waals surface area contributed by atoms with E-state index in [4.69, 9.17) is 0 Å². The molecule has 136 valence electrons. The highest BCUT2D eigenvalue weighted by Gasteiger charge is 2.36. The molecule has 25 heavy (non-hydrogen) atoms. The minimum absolute atomic E-state index is 0.0444. The van der Waals surface area contributed by atoms with Crippen LogP contribution in [0.5, 0.6) is 5.75 Å². The molecule has 0 spiro atoms. The first-order valence-corrected chi connectivity index (χ1v) is 8.27. The third-order valence-corrected chi connectivity index (χ3v) is 3.91. The highest BCUT2D eigenvalue weighted by atomic mass is 16.3. The Hall–Kier alpha value is -2.57. The average Bonchev–Trinajstić information content (AvgIpc) is 2.52. The Morgan fingerprint density at radius 3 is 2.52 bits per heavy atom. The van der Waals surface area contributed by atoms with Crippen molar-refractivity contribution in [2.75, 3.05) is 6.67 Å². The minimum Gasteiger partial charge on any atom is -0.508 e. The lowest BCUT2D eigenvalue weighted by atomic mass is 9.91. The molecule has 1 atom stereocenters. The predicted octanol–water partition coefficient (Wildman–Crippen LogP) is 1.12. The summed E-state index contributed by atoms with van der Waals surface area (Å²) < 4.78 is 0. The van der Waals surface area contributed by atoms with Crippen LogP contribution in [0.25, 0.3) is 0 Å². The SMILES string of the molecule is CC(C)(C)CC(=O)N1CNC(=O)CC1C(=O)NCc1ccc(O)cc1. The molecular weight excluding hydrogens is 322 g/mol. The Labute approximate surface area is 147 Å². The normalized spacial score (nSPS) is 17.8. The van der Waals surface area contributed by atoms with Crippen LogP contribution < -0.4 is 10.6 Å². The number of phenolic OH excluding ortho intramolecular Hbond substituents is 1. The lowest BCUT2D eigenvalue weighted by Crippen LogP contribution is -2.59. The maximum absolute atomic E-state index is 12.5. The number of amides is 3. The summed E-state index contributed by atoms with van der Waals surface area (Å²) in [5, 5.41) is 14.7. The van der Waals surface area contributed by atoms with E-state index in [1.807, 2.05) is 20.8 Å². The van der Waals surface area contributed by atoms with Gasteiger partial charge in [0.1, 0.15) is 11.8 Å². The van der Waals surface area contributed by atoms with E-state index in [1.54, 1.807) is 12.1 Å². The van der Waals surface area contributed by atoms with Gasteiger partial charge in [-0.25, -0.2) is 0 Å². The van der Waals surface area contributed by atoms with Crippen LogP contribution >= 0.6 is 0 Å². The molecule has 1 aliphatic rings. The van der Waals surface area contributed by atoms with Gasteiger partial charge in [-0.3, -0.25) is 14.4 Å². The van der Waals surface area contributed by atoms with Gasteiger partial charge in [-0.15, -0.1) is 0 Å². The number of nitrogens with one attached hydrogen (secondary N) is 2. The van der Waals surface area contributed by atoms with Gasteiger partial charge in [0, 0.05) is 13.0 Å². The zero-order chi connectivity index (χ0) is 18.6. The van der Waals surface area contributed by atoms with Gasteiger partial charge in [0.05, 0.1) is 13.1 Å². The number of nitrogens with zero attached hydrogens (tertiary/aromatic N) is 1. The summed E-state index contributed by atoms with van der Waals surface area (Å²) in [6.45, 7) is 6.16. The number of hydrogen-bond donors (Lipinski definition) is 3. The van der Waals surface area contributed by atoms with Crippen molar-refractivity contribution in [3.63, 3.8) is 0 Å². The Balaban J connectivity index is 2.03. The van der Waals surface area contributed by atoms with E-state index >= 15 is 0 Å². The van der Waals surface area contributed by atoms with Crippen LogP contribution in [0.1, 0.15) is 39.2 Å². The molecule has 7 heteroatoms. The maximum Gasteiger partial charge on any atom is 0.243 e. The number of carbonyl (C=O) groups is 3. The van der Waals surface area contributed by atoms with Crippen molar-refractivity contribution < 1.29 is 19.5 Å². The summed E-state index contributed by atoms with van der Waals surface area (Å²) in [7, 11) is 0. The molecule has 0 saturated carbocycles. The van der Waals surface area contributed by atoms with Crippen molar-refractivity contribution >= 4 is 17.7 Å². The van der Waals surface area contributed by atoms with Crippen molar-refractivity contribution in [3.05, 3.63) is 29.8 Å². The minimum atomic E-state index is -0.805. The van der Waals surface area contributed by atoms with E-state index in [0.717, 1.165) is 5.56 Å². The molecule has 1 fully saturated rings. The van der Waals surface area contributed by atoms with Crippen LogP contribution in [0.3, 0.4) is 0 Å². The molecule has 3 amide bonds. The zero-order valence-electron chi connectivity index (χ0n) is 14.8. The maximum atomic E-state index is 12.5. The van der Waals surface area contributed by atoms with E-state index in [0.29, 0.717) is 6.42 Å². The van der Waals surface area contributed by atoms with Crippen molar-refractivity contribution in [2.45, 2.75) is 46.2 Å². The molecule has 0 radical (unpaired) electrons. The Morgan fingerprint density at radius 2 is 1.92 bits per heavy atom. The largest absolute Gasteiger partial charge is 0.508 e. The van der Waals surface area contributed by atoms with E-state index < -0.39 is 6.04 Å². The third kappa shape index (κ3) is 5.48.